The van der Waals surface area contributed by atoms with Crippen molar-refractivity contribution in [3.8, 4) is 0 Å². The molecule has 0 heterocycles. The molecule has 0 saturated carbocycles. The first-order chi connectivity index (χ1) is 9.15. The predicted octanol–water partition coefficient (Wildman–Crippen LogP) is 3.39. The normalized spacial score (nSPS) is 11.9. The number of hydrogen-bond donors (Lipinski definition) is 0. The molecular formula is C15H20O3S. The van der Waals surface area contributed by atoms with E-state index in [-0.39, 0.29) is 11.2 Å². The van der Waals surface area contributed by atoms with Gasteiger partial charge in [0.25, 0.3) is 0 Å². The number of thioether (sulfide) groups is 1. The maximum Gasteiger partial charge on any atom is 0.306 e. The number of carbonyl (C=O) groups excluding carboxylic acids is 2. The monoisotopic (exact) mass is 280 g/mol. The Balaban J connectivity index is 2.59. The van der Waals surface area contributed by atoms with Gasteiger partial charge in [-0.05, 0) is 32.4 Å². The Kier molecular flexibility index (Phi) is 7.26. The van der Waals surface area contributed by atoms with Gasteiger partial charge in [-0.25, -0.2) is 0 Å². The van der Waals surface area contributed by atoms with Crippen LogP contribution in [0.4, 0.5) is 0 Å². The summed E-state index contributed by atoms with van der Waals surface area (Å²) in [6.07, 6.45) is 2.41. The minimum absolute atomic E-state index is 0.0898. The third-order valence-electron chi connectivity index (χ3n) is 2.63. The first-order valence-corrected chi connectivity index (χ1v) is 7.36. The lowest BCUT2D eigenvalue weighted by atomic mass is 10.2. The zero-order valence-electron chi connectivity index (χ0n) is 11.4. The smallest absolute Gasteiger partial charge is 0.306 e. The second-order valence-electron chi connectivity index (χ2n) is 4.31. The molecule has 0 aliphatic rings. The SMILES string of the molecule is CCOC(=O)CC(CCC=O)Sc1ccc(C)cc1. The van der Waals surface area contributed by atoms with Gasteiger partial charge in [0, 0.05) is 16.6 Å². The molecule has 1 unspecified atom stereocenters. The van der Waals surface area contributed by atoms with Gasteiger partial charge in [0.05, 0.1) is 13.0 Å². The second-order valence-corrected chi connectivity index (χ2v) is 5.68. The van der Waals surface area contributed by atoms with Crippen LogP contribution in [0.25, 0.3) is 0 Å². The fourth-order valence-electron chi connectivity index (χ4n) is 1.67. The van der Waals surface area contributed by atoms with E-state index in [1.807, 2.05) is 31.2 Å². The number of rotatable bonds is 8. The quantitative estimate of drug-likeness (QED) is 0.416. The van der Waals surface area contributed by atoms with Crippen LogP contribution < -0.4 is 0 Å². The van der Waals surface area contributed by atoms with E-state index >= 15 is 0 Å². The molecule has 0 aliphatic carbocycles. The van der Waals surface area contributed by atoms with Gasteiger partial charge in [-0.15, -0.1) is 11.8 Å². The molecule has 0 radical (unpaired) electrons. The van der Waals surface area contributed by atoms with Crippen LogP contribution >= 0.6 is 11.8 Å². The summed E-state index contributed by atoms with van der Waals surface area (Å²) in [6, 6.07) is 8.17. The first-order valence-electron chi connectivity index (χ1n) is 6.48. The third kappa shape index (κ3) is 6.43. The van der Waals surface area contributed by atoms with Crippen molar-refractivity contribution in [1.82, 2.24) is 0 Å². The molecule has 1 aromatic carbocycles. The molecule has 1 atom stereocenters. The van der Waals surface area contributed by atoms with Crippen molar-refractivity contribution >= 4 is 24.0 Å². The molecule has 0 saturated heterocycles. The van der Waals surface area contributed by atoms with Crippen LogP contribution in [0.5, 0.6) is 0 Å². The Morgan fingerprint density at radius 2 is 2.05 bits per heavy atom. The average Bonchev–Trinajstić information content (AvgIpc) is 2.39. The molecule has 0 spiro atoms. The summed E-state index contributed by atoms with van der Waals surface area (Å²) < 4.78 is 4.97. The molecule has 19 heavy (non-hydrogen) atoms. The van der Waals surface area contributed by atoms with Crippen molar-refractivity contribution in [3.63, 3.8) is 0 Å². The molecule has 104 valence electrons. The molecular weight excluding hydrogens is 260 g/mol. The highest BCUT2D eigenvalue weighted by atomic mass is 32.2. The van der Waals surface area contributed by atoms with Crippen LogP contribution in [0.3, 0.4) is 0 Å². The highest BCUT2D eigenvalue weighted by Crippen LogP contribution is 2.28. The Labute approximate surface area is 118 Å². The fourth-order valence-corrected chi connectivity index (χ4v) is 2.82. The summed E-state index contributed by atoms with van der Waals surface area (Å²) in [4.78, 5) is 23.1. The number of aryl methyl sites for hydroxylation is 1. The van der Waals surface area contributed by atoms with E-state index in [2.05, 4.69) is 0 Å². The van der Waals surface area contributed by atoms with Crippen molar-refractivity contribution in [2.24, 2.45) is 0 Å². The van der Waals surface area contributed by atoms with Crippen molar-refractivity contribution < 1.29 is 14.3 Å². The Bertz CT molecular complexity index is 400. The average molecular weight is 280 g/mol. The third-order valence-corrected chi connectivity index (χ3v) is 3.91. The van der Waals surface area contributed by atoms with E-state index in [0.717, 1.165) is 11.2 Å². The van der Waals surface area contributed by atoms with Gasteiger partial charge in [0.2, 0.25) is 0 Å². The first kappa shape index (κ1) is 15.8. The molecule has 3 nitrogen and oxygen atoms in total. The van der Waals surface area contributed by atoms with Crippen LogP contribution in [0.1, 0.15) is 31.7 Å². The number of hydrogen-bond acceptors (Lipinski definition) is 4. The van der Waals surface area contributed by atoms with Gasteiger partial charge in [0.1, 0.15) is 6.29 Å². The summed E-state index contributed by atoms with van der Waals surface area (Å²) in [7, 11) is 0. The maximum absolute atomic E-state index is 11.5. The molecule has 1 aromatic rings. The number of benzene rings is 1. The van der Waals surface area contributed by atoms with Crippen LogP contribution in [0, 0.1) is 6.92 Å². The Hall–Kier alpha value is -1.29. The van der Waals surface area contributed by atoms with Crippen molar-refractivity contribution in [2.45, 2.75) is 43.3 Å². The van der Waals surface area contributed by atoms with Gasteiger partial charge in [-0.2, -0.15) is 0 Å². The zero-order valence-corrected chi connectivity index (χ0v) is 12.2. The van der Waals surface area contributed by atoms with E-state index in [0.29, 0.717) is 25.9 Å². The second kappa shape index (κ2) is 8.75. The molecule has 0 bridgehead atoms. The van der Waals surface area contributed by atoms with Crippen molar-refractivity contribution in [3.05, 3.63) is 29.8 Å². The zero-order chi connectivity index (χ0) is 14.1. The standard InChI is InChI=1S/C15H20O3S/c1-3-18-15(17)11-14(5-4-10-16)19-13-8-6-12(2)7-9-13/h6-10,14H,3-5,11H2,1-2H3. The van der Waals surface area contributed by atoms with Gasteiger partial charge >= 0.3 is 5.97 Å². The Morgan fingerprint density at radius 3 is 2.63 bits per heavy atom. The molecule has 0 N–H and O–H groups in total. The summed E-state index contributed by atoms with van der Waals surface area (Å²) in [6.45, 7) is 4.23. The highest BCUT2D eigenvalue weighted by Gasteiger charge is 2.16. The van der Waals surface area contributed by atoms with Gasteiger partial charge in [0.15, 0.2) is 0 Å². The highest BCUT2D eigenvalue weighted by molar-refractivity contribution is 8.00. The van der Waals surface area contributed by atoms with Gasteiger partial charge < -0.3 is 9.53 Å². The molecule has 0 aliphatic heterocycles. The minimum Gasteiger partial charge on any atom is -0.466 e. The van der Waals surface area contributed by atoms with Crippen LogP contribution in [-0.2, 0) is 14.3 Å². The molecule has 0 amide bonds. The van der Waals surface area contributed by atoms with Crippen LogP contribution in [0.15, 0.2) is 29.2 Å². The molecule has 4 heteroatoms. The Morgan fingerprint density at radius 1 is 1.37 bits per heavy atom. The van der Waals surface area contributed by atoms with E-state index in [1.165, 1.54) is 5.56 Å². The molecule has 0 fully saturated rings. The van der Waals surface area contributed by atoms with Crippen LogP contribution in [-0.4, -0.2) is 24.1 Å². The summed E-state index contributed by atoms with van der Waals surface area (Å²) in [5, 5.41) is 0.0898. The van der Waals surface area contributed by atoms with E-state index in [9.17, 15) is 9.59 Å². The number of ether oxygens (including phenoxy) is 1. The summed E-state index contributed by atoms with van der Waals surface area (Å²) in [5.74, 6) is -0.196. The lowest BCUT2D eigenvalue weighted by molar-refractivity contribution is -0.143. The fraction of sp³-hybridized carbons (Fsp3) is 0.467. The van der Waals surface area contributed by atoms with E-state index in [1.54, 1.807) is 18.7 Å². The van der Waals surface area contributed by atoms with Crippen molar-refractivity contribution in [1.29, 1.82) is 0 Å². The van der Waals surface area contributed by atoms with E-state index < -0.39 is 0 Å². The summed E-state index contributed by atoms with van der Waals surface area (Å²) >= 11 is 1.63. The van der Waals surface area contributed by atoms with Crippen LogP contribution in [0.2, 0.25) is 0 Å². The lowest BCUT2D eigenvalue weighted by Crippen LogP contribution is -2.13. The van der Waals surface area contributed by atoms with Crippen molar-refractivity contribution in [2.75, 3.05) is 6.61 Å². The van der Waals surface area contributed by atoms with E-state index in [4.69, 9.17) is 4.74 Å². The predicted molar refractivity (Wildman–Crippen MR) is 77.4 cm³/mol. The summed E-state index contributed by atoms with van der Waals surface area (Å²) in [5.41, 5.74) is 1.21. The lowest BCUT2D eigenvalue weighted by Gasteiger charge is -2.14. The molecule has 0 aromatic heterocycles. The number of aldehydes is 1. The number of esters is 1. The van der Waals surface area contributed by atoms with Gasteiger partial charge in [-0.1, -0.05) is 17.7 Å². The number of carbonyl (C=O) groups is 2. The molecule has 1 rings (SSSR count). The largest absolute Gasteiger partial charge is 0.466 e. The van der Waals surface area contributed by atoms with Gasteiger partial charge in [-0.3, -0.25) is 4.79 Å². The topological polar surface area (TPSA) is 43.4 Å². The minimum atomic E-state index is -0.196. The maximum atomic E-state index is 11.5.